The predicted octanol–water partition coefficient (Wildman–Crippen LogP) is 5.06. The van der Waals surface area contributed by atoms with E-state index in [4.69, 9.17) is 16.3 Å². The van der Waals surface area contributed by atoms with Gasteiger partial charge in [0.05, 0.1) is 17.6 Å². The van der Waals surface area contributed by atoms with Crippen LogP contribution in [0, 0.1) is 19.7 Å². The molecule has 0 aliphatic heterocycles. The number of hydrogen-bond acceptors (Lipinski definition) is 3. The highest BCUT2D eigenvalue weighted by Crippen LogP contribution is 2.24. The Balaban J connectivity index is 2.15. The van der Waals surface area contributed by atoms with E-state index in [0.717, 1.165) is 23.4 Å². The second-order valence-electron chi connectivity index (χ2n) is 6.08. The molecule has 0 N–H and O–H groups in total. The van der Waals surface area contributed by atoms with Crippen LogP contribution < -0.4 is 0 Å². The van der Waals surface area contributed by atoms with Crippen LogP contribution in [0.25, 0.3) is 0 Å². The molecule has 0 aromatic heterocycles. The van der Waals surface area contributed by atoms with Gasteiger partial charge in [-0.15, -0.1) is 0 Å². The van der Waals surface area contributed by atoms with Gasteiger partial charge in [0.2, 0.25) is 0 Å². The van der Waals surface area contributed by atoms with E-state index in [2.05, 4.69) is 4.99 Å². The first-order valence-electron chi connectivity index (χ1n) is 8.28. The zero-order valence-corrected chi connectivity index (χ0v) is 16.1. The van der Waals surface area contributed by atoms with Gasteiger partial charge < -0.3 is 9.64 Å². The molecule has 0 amide bonds. The molecule has 4 nitrogen and oxygen atoms in total. The Hall–Kier alpha value is -2.40. The van der Waals surface area contributed by atoms with Crippen molar-refractivity contribution < 1.29 is 13.9 Å². The SMILES string of the molecule is CCN(C)C=Nc1cc(C)c(C(=O)OCc2cc(Cl)ccc2F)cc1C. The Labute approximate surface area is 158 Å². The van der Waals surface area contributed by atoms with E-state index >= 15 is 0 Å². The van der Waals surface area contributed by atoms with E-state index in [9.17, 15) is 9.18 Å². The van der Waals surface area contributed by atoms with Crippen molar-refractivity contribution in [3.05, 3.63) is 63.4 Å². The quantitative estimate of drug-likeness (QED) is 0.402. The lowest BCUT2D eigenvalue weighted by Gasteiger charge is -2.12. The van der Waals surface area contributed by atoms with Crippen LogP contribution in [0.5, 0.6) is 0 Å². The van der Waals surface area contributed by atoms with Gasteiger partial charge in [0.25, 0.3) is 0 Å². The smallest absolute Gasteiger partial charge is 0.338 e. The van der Waals surface area contributed by atoms with Crippen LogP contribution in [0.15, 0.2) is 35.3 Å². The lowest BCUT2D eigenvalue weighted by molar-refractivity contribution is 0.0468. The number of esters is 1. The minimum absolute atomic E-state index is 0.176. The number of hydrogen-bond donors (Lipinski definition) is 0. The summed E-state index contributed by atoms with van der Waals surface area (Å²) in [5.74, 6) is -0.967. The summed E-state index contributed by atoms with van der Waals surface area (Å²) in [7, 11) is 1.94. The van der Waals surface area contributed by atoms with E-state index in [1.807, 2.05) is 38.8 Å². The van der Waals surface area contributed by atoms with E-state index in [1.54, 1.807) is 12.4 Å². The molecule has 0 heterocycles. The molecule has 2 aromatic carbocycles. The standard InChI is InChI=1S/C20H22ClFN2O2/c1-5-24(4)12-23-19-9-13(2)17(8-14(19)3)20(25)26-11-15-10-16(21)6-7-18(15)22/h6-10,12H,5,11H2,1-4H3. The number of nitrogens with zero attached hydrogens (tertiary/aromatic N) is 2. The van der Waals surface area contributed by atoms with Crippen LogP contribution in [0.3, 0.4) is 0 Å². The van der Waals surface area contributed by atoms with Crippen LogP contribution >= 0.6 is 11.6 Å². The first-order valence-corrected chi connectivity index (χ1v) is 8.66. The Morgan fingerprint density at radius 3 is 2.69 bits per heavy atom. The summed E-state index contributed by atoms with van der Waals surface area (Å²) < 4.78 is 19.0. The minimum Gasteiger partial charge on any atom is -0.457 e. The van der Waals surface area contributed by atoms with Crippen LogP contribution in [0.4, 0.5) is 10.1 Å². The van der Waals surface area contributed by atoms with Crippen molar-refractivity contribution in [3.8, 4) is 0 Å². The molecule has 6 heteroatoms. The molecule has 0 bridgehead atoms. The lowest BCUT2D eigenvalue weighted by Crippen LogP contribution is -2.14. The maximum Gasteiger partial charge on any atom is 0.338 e. The summed E-state index contributed by atoms with van der Waals surface area (Å²) >= 11 is 5.85. The van der Waals surface area contributed by atoms with Crippen molar-refractivity contribution in [3.63, 3.8) is 0 Å². The summed E-state index contributed by atoms with van der Waals surface area (Å²) in [5, 5.41) is 0.392. The van der Waals surface area contributed by atoms with Crippen LogP contribution in [0.2, 0.25) is 5.02 Å². The molecule has 0 aliphatic carbocycles. The fourth-order valence-electron chi connectivity index (χ4n) is 2.28. The summed E-state index contributed by atoms with van der Waals surface area (Å²) in [4.78, 5) is 18.8. The molecule has 0 atom stereocenters. The molecular formula is C20H22ClFN2O2. The number of carbonyl (C=O) groups excluding carboxylic acids is 1. The average molecular weight is 377 g/mol. The fraction of sp³-hybridized carbons (Fsp3) is 0.300. The summed E-state index contributed by atoms with van der Waals surface area (Å²) in [6, 6.07) is 7.73. The van der Waals surface area contributed by atoms with Gasteiger partial charge >= 0.3 is 5.97 Å². The third-order valence-corrected chi connectivity index (χ3v) is 4.26. The average Bonchev–Trinajstić information content (AvgIpc) is 2.62. The molecule has 0 fully saturated rings. The van der Waals surface area contributed by atoms with Gasteiger partial charge in [-0.2, -0.15) is 0 Å². The molecule has 0 spiro atoms. The van der Waals surface area contributed by atoms with Crippen molar-refractivity contribution >= 4 is 29.6 Å². The molecule has 26 heavy (non-hydrogen) atoms. The molecule has 0 saturated carbocycles. The van der Waals surface area contributed by atoms with E-state index in [1.165, 1.54) is 18.2 Å². The van der Waals surface area contributed by atoms with Gasteiger partial charge in [0, 0.05) is 24.2 Å². The topological polar surface area (TPSA) is 41.9 Å². The van der Waals surface area contributed by atoms with Crippen LogP contribution in [0.1, 0.15) is 34.0 Å². The van der Waals surface area contributed by atoms with Crippen molar-refractivity contribution in [1.82, 2.24) is 4.90 Å². The molecule has 0 unspecified atom stereocenters. The van der Waals surface area contributed by atoms with E-state index < -0.39 is 11.8 Å². The Morgan fingerprint density at radius 1 is 1.27 bits per heavy atom. The summed E-state index contributed by atoms with van der Waals surface area (Å²) in [6.07, 6.45) is 1.75. The number of carbonyl (C=O) groups is 1. The van der Waals surface area contributed by atoms with Gasteiger partial charge in [0.15, 0.2) is 0 Å². The number of aryl methyl sites for hydroxylation is 2. The molecule has 2 rings (SSSR count). The second-order valence-corrected chi connectivity index (χ2v) is 6.52. The number of benzene rings is 2. The molecule has 0 radical (unpaired) electrons. The Bertz CT molecular complexity index is 837. The maximum absolute atomic E-state index is 13.7. The summed E-state index contributed by atoms with van der Waals surface area (Å²) in [6.45, 7) is 6.41. The number of ether oxygens (including phenoxy) is 1. The molecule has 0 saturated heterocycles. The molecule has 138 valence electrons. The first kappa shape index (κ1) is 19.9. The normalized spacial score (nSPS) is 11.0. The van der Waals surface area contributed by atoms with E-state index in [-0.39, 0.29) is 12.2 Å². The molecule has 2 aromatic rings. The van der Waals surface area contributed by atoms with Gasteiger partial charge in [-0.25, -0.2) is 14.2 Å². The lowest BCUT2D eigenvalue weighted by atomic mass is 10.0. The highest BCUT2D eigenvalue weighted by molar-refractivity contribution is 6.30. The second kappa shape index (κ2) is 8.81. The molecule has 0 aliphatic rings. The highest BCUT2D eigenvalue weighted by Gasteiger charge is 2.14. The highest BCUT2D eigenvalue weighted by atomic mass is 35.5. The Kier molecular flexibility index (Phi) is 6.75. The number of halogens is 2. The number of aliphatic imine (C=N–C) groups is 1. The monoisotopic (exact) mass is 376 g/mol. The first-order chi connectivity index (χ1) is 12.3. The van der Waals surface area contributed by atoms with Gasteiger partial charge in [-0.05, 0) is 62.2 Å². The maximum atomic E-state index is 13.7. The van der Waals surface area contributed by atoms with Crippen molar-refractivity contribution in [2.45, 2.75) is 27.4 Å². The van der Waals surface area contributed by atoms with Crippen molar-refractivity contribution in [1.29, 1.82) is 0 Å². The van der Waals surface area contributed by atoms with Gasteiger partial charge in [-0.3, -0.25) is 0 Å². The summed E-state index contributed by atoms with van der Waals surface area (Å²) in [5.41, 5.74) is 3.08. The van der Waals surface area contributed by atoms with Crippen LogP contribution in [-0.2, 0) is 11.3 Å². The third kappa shape index (κ3) is 5.05. The van der Waals surface area contributed by atoms with Crippen molar-refractivity contribution in [2.24, 2.45) is 4.99 Å². The zero-order valence-electron chi connectivity index (χ0n) is 15.3. The minimum atomic E-state index is -0.508. The molecular weight excluding hydrogens is 355 g/mol. The number of rotatable bonds is 6. The van der Waals surface area contributed by atoms with Gasteiger partial charge in [-0.1, -0.05) is 11.6 Å². The zero-order chi connectivity index (χ0) is 19.3. The predicted molar refractivity (Wildman–Crippen MR) is 103 cm³/mol. The fourth-order valence-corrected chi connectivity index (χ4v) is 2.47. The largest absolute Gasteiger partial charge is 0.457 e. The van der Waals surface area contributed by atoms with Crippen LogP contribution in [-0.4, -0.2) is 30.8 Å². The Morgan fingerprint density at radius 2 is 2.00 bits per heavy atom. The van der Waals surface area contributed by atoms with Gasteiger partial charge in [0.1, 0.15) is 12.4 Å². The van der Waals surface area contributed by atoms with Crippen molar-refractivity contribution in [2.75, 3.05) is 13.6 Å². The third-order valence-electron chi connectivity index (χ3n) is 4.02. The van der Waals surface area contributed by atoms with E-state index in [0.29, 0.717) is 10.6 Å².